The van der Waals surface area contributed by atoms with E-state index in [1.165, 1.54) is 0 Å². The molecule has 1 rings (SSSR count). The van der Waals surface area contributed by atoms with Crippen molar-refractivity contribution in [3.63, 3.8) is 0 Å². The Balaban J connectivity index is 2.50. The lowest BCUT2D eigenvalue weighted by Crippen LogP contribution is -2.43. The van der Waals surface area contributed by atoms with Crippen molar-refractivity contribution in [3.8, 4) is 0 Å². The van der Waals surface area contributed by atoms with Gasteiger partial charge in [0.25, 0.3) is 0 Å². The smallest absolute Gasteiger partial charge is 0.326 e. The third-order valence-corrected chi connectivity index (χ3v) is 2.66. The number of hydrogen-bond donors (Lipinski definition) is 2. The Morgan fingerprint density at radius 3 is 2.75 bits per heavy atom. The second-order valence-electron chi connectivity index (χ2n) is 3.68. The minimum Gasteiger partial charge on any atom is -0.480 e. The van der Waals surface area contributed by atoms with Crippen LogP contribution in [0.3, 0.4) is 0 Å². The molecule has 0 unspecified atom stereocenters. The van der Waals surface area contributed by atoms with Gasteiger partial charge in [-0.05, 0) is 10.9 Å². The van der Waals surface area contributed by atoms with Crippen molar-refractivity contribution >= 4 is 27.8 Å². The van der Waals surface area contributed by atoms with Crippen LogP contribution in [0.5, 0.6) is 0 Å². The van der Waals surface area contributed by atoms with E-state index in [4.69, 9.17) is 9.84 Å². The Hall–Kier alpha value is -0.880. The van der Waals surface area contributed by atoms with Gasteiger partial charge in [-0.2, -0.15) is 0 Å². The van der Waals surface area contributed by atoms with Crippen molar-refractivity contribution < 1.29 is 19.4 Å². The lowest BCUT2D eigenvalue weighted by molar-refractivity contribution is -0.142. The summed E-state index contributed by atoms with van der Waals surface area (Å²) in [5.74, 6) is -1.56. The van der Waals surface area contributed by atoms with Gasteiger partial charge < -0.3 is 15.2 Å². The van der Waals surface area contributed by atoms with Crippen LogP contribution in [0.1, 0.15) is 12.8 Å². The molecule has 0 aromatic rings. The maximum Gasteiger partial charge on any atom is 0.326 e. The summed E-state index contributed by atoms with van der Waals surface area (Å²) in [5, 5.41) is 11.4. The number of amides is 1. The summed E-state index contributed by atoms with van der Waals surface area (Å²) in [4.78, 5) is 22.5. The van der Waals surface area contributed by atoms with Crippen molar-refractivity contribution in [1.29, 1.82) is 0 Å². The van der Waals surface area contributed by atoms with E-state index in [-0.39, 0.29) is 18.2 Å². The molecule has 1 aliphatic heterocycles. The third-order valence-electron chi connectivity index (χ3n) is 2.34. The highest BCUT2D eigenvalue weighted by atomic mass is 79.9. The Morgan fingerprint density at radius 1 is 1.62 bits per heavy atom. The van der Waals surface area contributed by atoms with Crippen molar-refractivity contribution in [2.24, 2.45) is 5.92 Å². The Bertz CT molecular complexity index is 299. The zero-order valence-electron chi connectivity index (χ0n) is 8.74. The third kappa shape index (κ3) is 3.94. The van der Waals surface area contributed by atoms with E-state index in [1.807, 2.05) is 0 Å². The number of hydrogen-bond acceptors (Lipinski definition) is 3. The van der Waals surface area contributed by atoms with Crippen LogP contribution < -0.4 is 5.32 Å². The summed E-state index contributed by atoms with van der Waals surface area (Å²) in [5.41, 5.74) is 0. The zero-order valence-corrected chi connectivity index (χ0v) is 10.3. The first-order valence-corrected chi connectivity index (χ1v) is 5.74. The number of carboxylic acid groups (broad SMARTS) is 1. The summed E-state index contributed by atoms with van der Waals surface area (Å²) in [6.07, 6.45) is 0.822. The van der Waals surface area contributed by atoms with Crippen LogP contribution in [0.2, 0.25) is 0 Å². The molecule has 1 amide bonds. The van der Waals surface area contributed by atoms with Crippen LogP contribution in [0.15, 0.2) is 11.1 Å². The maximum absolute atomic E-state index is 11.6. The van der Waals surface area contributed by atoms with Gasteiger partial charge in [0.1, 0.15) is 6.04 Å². The van der Waals surface area contributed by atoms with Crippen molar-refractivity contribution in [3.05, 3.63) is 11.1 Å². The van der Waals surface area contributed by atoms with Crippen LogP contribution in [0.25, 0.3) is 0 Å². The molecule has 0 bridgehead atoms. The fourth-order valence-corrected chi connectivity index (χ4v) is 1.78. The molecule has 0 radical (unpaired) electrons. The first-order chi connectivity index (χ1) is 7.50. The number of carbonyl (C=O) groups is 2. The number of nitrogens with one attached hydrogen (secondary N) is 1. The van der Waals surface area contributed by atoms with Crippen molar-refractivity contribution in [2.45, 2.75) is 18.9 Å². The van der Waals surface area contributed by atoms with E-state index in [1.54, 1.807) is 0 Å². The molecule has 0 spiro atoms. The molecule has 1 heterocycles. The lowest BCUT2D eigenvalue weighted by atomic mass is 10.1. The maximum atomic E-state index is 11.6. The van der Waals surface area contributed by atoms with Crippen molar-refractivity contribution in [2.75, 3.05) is 13.2 Å². The molecule has 0 aromatic carbocycles. The molecule has 6 heteroatoms. The summed E-state index contributed by atoms with van der Waals surface area (Å²) in [6.45, 7) is 4.48. The highest BCUT2D eigenvalue weighted by molar-refractivity contribution is 9.11. The molecular weight excluding hydrogens is 278 g/mol. The van der Waals surface area contributed by atoms with Gasteiger partial charge >= 0.3 is 5.97 Å². The van der Waals surface area contributed by atoms with E-state index in [0.29, 0.717) is 24.1 Å². The number of ether oxygens (including phenoxy) is 1. The molecule has 0 aromatic heterocycles. The van der Waals surface area contributed by atoms with Gasteiger partial charge in [-0.1, -0.05) is 22.5 Å². The van der Waals surface area contributed by atoms with Gasteiger partial charge in [-0.25, -0.2) is 4.79 Å². The minimum atomic E-state index is -1.06. The van der Waals surface area contributed by atoms with Gasteiger partial charge in [0.2, 0.25) is 5.91 Å². The monoisotopic (exact) mass is 291 g/mol. The topological polar surface area (TPSA) is 75.6 Å². The Kier molecular flexibility index (Phi) is 4.95. The van der Waals surface area contributed by atoms with E-state index in [9.17, 15) is 9.59 Å². The quantitative estimate of drug-likeness (QED) is 0.789. The number of carbonyl (C=O) groups excluding carboxylic acids is 1. The molecule has 16 heavy (non-hydrogen) atoms. The largest absolute Gasteiger partial charge is 0.480 e. The molecule has 1 fully saturated rings. The van der Waals surface area contributed by atoms with Crippen LogP contribution in [0.4, 0.5) is 0 Å². The Morgan fingerprint density at radius 2 is 2.31 bits per heavy atom. The highest BCUT2D eigenvalue weighted by Gasteiger charge is 2.27. The van der Waals surface area contributed by atoms with E-state index < -0.39 is 12.0 Å². The fraction of sp³-hybridized carbons (Fsp3) is 0.600. The summed E-state index contributed by atoms with van der Waals surface area (Å²) >= 11 is 3.08. The first-order valence-electron chi connectivity index (χ1n) is 4.95. The molecule has 2 atom stereocenters. The number of rotatable bonds is 5. The van der Waals surface area contributed by atoms with E-state index >= 15 is 0 Å². The lowest BCUT2D eigenvalue weighted by Gasteiger charge is -2.16. The van der Waals surface area contributed by atoms with Gasteiger partial charge in [0, 0.05) is 13.0 Å². The molecular formula is C10H14BrNO4. The first kappa shape index (κ1) is 13.2. The molecule has 1 saturated heterocycles. The zero-order chi connectivity index (χ0) is 12.1. The molecule has 90 valence electrons. The predicted molar refractivity (Wildman–Crippen MR) is 61.2 cm³/mol. The highest BCUT2D eigenvalue weighted by Crippen LogP contribution is 2.14. The average molecular weight is 292 g/mol. The van der Waals surface area contributed by atoms with Gasteiger partial charge in [0.15, 0.2) is 0 Å². The molecule has 2 N–H and O–H groups in total. The second-order valence-corrected chi connectivity index (χ2v) is 4.80. The van der Waals surface area contributed by atoms with Crippen LogP contribution >= 0.6 is 15.9 Å². The summed E-state index contributed by atoms with van der Waals surface area (Å²) in [7, 11) is 0. The normalized spacial score (nSPS) is 21.4. The van der Waals surface area contributed by atoms with Crippen molar-refractivity contribution in [1.82, 2.24) is 5.32 Å². The van der Waals surface area contributed by atoms with Crippen LogP contribution in [-0.4, -0.2) is 36.2 Å². The van der Waals surface area contributed by atoms with Gasteiger partial charge in [-0.3, -0.25) is 4.79 Å². The van der Waals surface area contributed by atoms with E-state index in [2.05, 4.69) is 27.8 Å². The van der Waals surface area contributed by atoms with Crippen LogP contribution in [-0.2, 0) is 14.3 Å². The van der Waals surface area contributed by atoms with Gasteiger partial charge in [-0.15, -0.1) is 0 Å². The minimum absolute atomic E-state index is 0.175. The summed E-state index contributed by atoms with van der Waals surface area (Å²) in [6, 6.07) is -0.931. The van der Waals surface area contributed by atoms with E-state index in [0.717, 1.165) is 0 Å². The number of carboxylic acids is 1. The standard InChI is InChI=1S/C10H14BrNO4/c1-6(11)4-8(10(14)15)12-9(13)7-2-3-16-5-7/h7-8H,1-5H2,(H,12,13)(H,14,15)/t7-,8+/m0/s1. The molecule has 1 aliphatic rings. The summed E-state index contributed by atoms with van der Waals surface area (Å²) < 4.78 is 5.61. The number of halogens is 1. The number of aliphatic carboxylic acids is 1. The van der Waals surface area contributed by atoms with Crippen LogP contribution in [0, 0.1) is 5.92 Å². The SMILES string of the molecule is C=C(Br)C[C@@H](NC(=O)[C@H]1CCOC1)C(=O)O. The molecule has 5 nitrogen and oxygen atoms in total. The average Bonchev–Trinajstić information content (AvgIpc) is 2.68. The van der Waals surface area contributed by atoms with Gasteiger partial charge in [0.05, 0.1) is 12.5 Å². The second kappa shape index (κ2) is 6.00. The fourth-order valence-electron chi connectivity index (χ4n) is 1.45. The predicted octanol–water partition coefficient (Wildman–Crippen LogP) is 0.891. The molecule has 0 aliphatic carbocycles. The Labute approximate surface area is 102 Å². The molecule has 0 saturated carbocycles.